The van der Waals surface area contributed by atoms with E-state index >= 15 is 0 Å². The van der Waals surface area contributed by atoms with Crippen molar-refractivity contribution in [2.24, 2.45) is 5.92 Å². The van der Waals surface area contributed by atoms with Gasteiger partial charge in [0, 0.05) is 51.3 Å². The molecule has 0 bridgehead atoms. The number of rotatable bonds is 6. The highest BCUT2D eigenvalue weighted by atomic mass is 16.2. The van der Waals surface area contributed by atoms with E-state index in [2.05, 4.69) is 15.2 Å². The molecule has 0 aromatic carbocycles. The first-order valence-corrected chi connectivity index (χ1v) is 9.36. The van der Waals surface area contributed by atoms with E-state index in [0.717, 1.165) is 31.6 Å². The van der Waals surface area contributed by atoms with E-state index in [1.807, 2.05) is 11.5 Å². The second-order valence-electron chi connectivity index (χ2n) is 7.26. The Morgan fingerprint density at radius 3 is 2.88 bits per heavy atom. The number of hydrogen-bond acceptors (Lipinski definition) is 3. The summed E-state index contributed by atoms with van der Waals surface area (Å²) in [6.45, 7) is 4.76. The van der Waals surface area contributed by atoms with Crippen LogP contribution in [-0.2, 0) is 17.9 Å². The lowest BCUT2D eigenvalue weighted by molar-refractivity contribution is -0.129. The SMILES string of the molecule is CCn1cncc1CNC(=O)N(C)C[C@@H]1CC(=O)N(C2CCCC2)C1. The van der Waals surface area contributed by atoms with E-state index in [1.165, 1.54) is 12.8 Å². The summed E-state index contributed by atoms with van der Waals surface area (Å²) in [4.78, 5) is 32.5. The van der Waals surface area contributed by atoms with Gasteiger partial charge in [-0.15, -0.1) is 0 Å². The Morgan fingerprint density at radius 2 is 2.16 bits per heavy atom. The molecule has 3 rings (SSSR count). The van der Waals surface area contributed by atoms with E-state index in [-0.39, 0.29) is 17.9 Å². The number of carbonyl (C=O) groups excluding carboxylic acids is 2. The molecular formula is C18H29N5O2. The summed E-state index contributed by atoms with van der Waals surface area (Å²) in [6.07, 6.45) is 8.86. The predicted molar refractivity (Wildman–Crippen MR) is 94.8 cm³/mol. The molecule has 1 aliphatic carbocycles. The zero-order chi connectivity index (χ0) is 17.8. The van der Waals surface area contributed by atoms with Gasteiger partial charge in [-0.1, -0.05) is 12.8 Å². The van der Waals surface area contributed by atoms with Crippen LogP contribution in [0.1, 0.15) is 44.7 Å². The summed E-state index contributed by atoms with van der Waals surface area (Å²) in [5.74, 6) is 0.502. The maximum absolute atomic E-state index is 12.3. The smallest absolute Gasteiger partial charge is 0.317 e. The minimum absolute atomic E-state index is 0.101. The van der Waals surface area contributed by atoms with Gasteiger partial charge in [0.05, 0.1) is 18.6 Å². The standard InChI is InChI=1S/C18H29N5O2/c1-3-22-13-19-9-16(22)10-20-18(25)21(2)11-14-8-17(24)23(12-14)15-6-4-5-7-15/h9,13-15H,3-8,10-12H2,1-2H3,(H,20,25)/t14-/m0/s1. The molecule has 25 heavy (non-hydrogen) atoms. The van der Waals surface area contributed by atoms with Crippen molar-refractivity contribution in [1.82, 2.24) is 24.7 Å². The lowest BCUT2D eigenvalue weighted by atomic mass is 10.1. The van der Waals surface area contributed by atoms with Gasteiger partial charge in [-0.3, -0.25) is 4.79 Å². The minimum atomic E-state index is -0.101. The molecule has 2 fully saturated rings. The molecule has 138 valence electrons. The molecule has 0 radical (unpaired) electrons. The number of aromatic nitrogens is 2. The average molecular weight is 347 g/mol. The van der Waals surface area contributed by atoms with Crippen LogP contribution in [0, 0.1) is 5.92 Å². The van der Waals surface area contributed by atoms with Crippen molar-refractivity contribution in [3.05, 3.63) is 18.2 Å². The van der Waals surface area contributed by atoms with Gasteiger partial charge in [0.25, 0.3) is 0 Å². The third-order valence-electron chi connectivity index (χ3n) is 5.44. The number of hydrogen-bond donors (Lipinski definition) is 1. The molecule has 1 saturated heterocycles. The van der Waals surface area contributed by atoms with Gasteiger partial charge in [-0.25, -0.2) is 9.78 Å². The van der Waals surface area contributed by atoms with Gasteiger partial charge in [0.2, 0.25) is 5.91 Å². The van der Waals surface area contributed by atoms with Gasteiger partial charge in [0.15, 0.2) is 0 Å². The lowest BCUT2D eigenvalue weighted by Gasteiger charge is -2.25. The van der Waals surface area contributed by atoms with Crippen molar-refractivity contribution in [2.45, 2.75) is 58.2 Å². The number of likely N-dealkylation sites (tertiary alicyclic amines) is 1. The van der Waals surface area contributed by atoms with E-state index in [4.69, 9.17) is 0 Å². The summed E-state index contributed by atoms with van der Waals surface area (Å²) in [5.41, 5.74) is 0.993. The number of urea groups is 1. The van der Waals surface area contributed by atoms with Crippen LogP contribution in [0.4, 0.5) is 4.79 Å². The Balaban J connectivity index is 1.46. The third kappa shape index (κ3) is 4.14. The molecule has 2 heterocycles. The highest BCUT2D eigenvalue weighted by molar-refractivity contribution is 5.79. The van der Waals surface area contributed by atoms with Gasteiger partial charge in [0.1, 0.15) is 0 Å². The molecule has 1 saturated carbocycles. The van der Waals surface area contributed by atoms with E-state index < -0.39 is 0 Å². The molecule has 3 amide bonds. The van der Waals surface area contributed by atoms with Gasteiger partial charge in [-0.2, -0.15) is 0 Å². The quantitative estimate of drug-likeness (QED) is 0.853. The topological polar surface area (TPSA) is 70.5 Å². The molecule has 2 aliphatic rings. The van der Waals surface area contributed by atoms with Crippen molar-refractivity contribution >= 4 is 11.9 Å². The third-order valence-corrected chi connectivity index (χ3v) is 5.44. The molecule has 1 aromatic heterocycles. The first-order valence-electron chi connectivity index (χ1n) is 9.36. The van der Waals surface area contributed by atoms with E-state index in [0.29, 0.717) is 25.6 Å². The molecular weight excluding hydrogens is 318 g/mol. The average Bonchev–Trinajstić information content (AvgIpc) is 3.33. The Hall–Kier alpha value is -2.05. The van der Waals surface area contributed by atoms with Crippen LogP contribution in [0.3, 0.4) is 0 Å². The van der Waals surface area contributed by atoms with Crippen molar-refractivity contribution in [1.29, 1.82) is 0 Å². The lowest BCUT2D eigenvalue weighted by Crippen LogP contribution is -2.40. The van der Waals surface area contributed by atoms with Crippen LogP contribution >= 0.6 is 0 Å². The van der Waals surface area contributed by atoms with Crippen LogP contribution in [0.2, 0.25) is 0 Å². The summed E-state index contributed by atoms with van der Waals surface area (Å²) in [5, 5.41) is 2.94. The fourth-order valence-corrected chi connectivity index (χ4v) is 4.05. The molecule has 1 atom stereocenters. The second-order valence-corrected chi connectivity index (χ2v) is 7.26. The zero-order valence-corrected chi connectivity index (χ0v) is 15.3. The first kappa shape index (κ1) is 17.8. The number of carbonyl (C=O) groups is 2. The molecule has 0 unspecified atom stereocenters. The monoisotopic (exact) mass is 347 g/mol. The Morgan fingerprint density at radius 1 is 1.40 bits per heavy atom. The summed E-state index contributed by atoms with van der Waals surface area (Å²) < 4.78 is 2.01. The van der Waals surface area contributed by atoms with Gasteiger partial charge < -0.3 is 19.7 Å². The van der Waals surface area contributed by atoms with Crippen LogP contribution in [0.25, 0.3) is 0 Å². The summed E-state index contributed by atoms with van der Waals surface area (Å²) >= 11 is 0. The molecule has 7 heteroatoms. The molecule has 0 spiro atoms. The number of nitrogens with one attached hydrogen (secondary N) is 1. The minimum Gasteiger partial charge on any atom is -0.339 e. The van der Waals surface area contributed by atoms with Crippen LogP contribution < -0.4 is 5.32 Å². The maximum atomic E-state index is 12.3. The Labute approximate surface area is 149 Å². The van der Waals surface area contributed by atoms with Crippen LogP contribution in [-0.4, -0.2) is 57.5 Å². The number of amides is 3. The predicted octanol–water partition coefficient (Wildman–Crippen LogP) is 1.84. The Kier molecular flexibility index (Phi) is 5.60. The number of nitrogens with zero attached hydrogens (tertiary/aromatic N) is 4. The van der Waals surface area contributed by atoms with Gasteiger partial charge >= 0.3 is 6.03 Å². The van der Waals surface area contributed by atoms with Crippen molar-refractivity contribution < 1.29 is 9.59 Å². The van der Waals surface area contributed by atoms with Crippen LogP contribution in [0.5, 0.6) is 0 Å². The van der Waals surface area contributed by atoms with Crippen molar-refractivity contribution in [3.8, 4) is 0 Å². The van der Waals surface area contributed by atoms with E-state index in [9.17, 15) is 9.59 Å². The highest BCUT2D eigenvalue weighted by Gasteiger charge is 2.36. The zero-order valence-electron chi connectivity index (χ0n) is 15.3. The normalized spacial score (nSPS) is 21.1. The fourth-order valence-electron chi connectivity index (χ4n) is 4.05. The fraction of sp³-hybridized carbons (Fsp3) is 0.722. The molecule has 1 aromatic rings. The van der Waals surface area contributed by atoms with E-state index in [1.54, 1.807) is 24.5 Å². The number of aryl methyl sites for hydroxylation is 1. The van der Waals surface area contributed by atoms with Crippen LogP contribution in [0.15, 0.2) is 12.5 Å². The molecule has 7 nitrogen and oxygen atoms in total. The summed E-state index contributed by atoms with van der Waals surface area (Å²) in [7, 11) is 1.80. The largest absolute Gasteiger partial charge is 0.339 e. The van der Waals surface area contributed by atoms with Crippen molar-refractivity contribution in [2.75, 3.05) is 20.1 Å². The number of imidazole rings is 1. The maximum Gasteiger partial charge on any atom is 0.317 e. The highest BCUT2D eigenvalue weighted by Crippen LogP contribution is 2.29. The van der Waals surface area contributed by atoms with Crippen molar-refractivity contribution in [3.63, 3.8) is 0 Å². The second kappa shape index (κ2) is 7.89. The first-order chi connectivity index (χ1) is 12.1. The molecule has 1 aliphatic heterocycles. The molecule has 1 N–H and O–H groups in total. The van der Waals surface area contributed by atoms with Gasteiger partial charge in [-0.05, 0) is 19.8 Å². The Bertz CT molecular complexity index is 608. The summed E-state index contributed by atoms with van der Waals surface area (Å²) in [6, 6.07) is 0.335.